The molecule has 34 heavy (non-hydrogen) atoms. The maximum absolute atomic E-state index is 12.9. The Hall–Kier alpha value is -2.79. The van der Waals surface area contributed by atoms with E-state index < -0.39 is 35.8 Å². The first-order valence-corrected chi connectivity index (χ1v) is 11.3. The minimum Gasteiger partial charge on any atom is -0.453 e. The molecule has 182 valence electrons. The summed E-state index contributed by atoms with van der Waals surface area (Å²) in [7, 11) is 0. The number of oxazole rings is 1. The first-order chi connectivity index (χ1) is 16.1. The number of hydrogen-bond donors (Lipinski definition) is 2. The summed E-state index contributed by atoms with van der Waals surface area (Å²) < 4.78 is 57.5. The molecule has 2 N–H and O–H groups in total. The van der Waals surface area contributed by atoms with Gasteiger partial charge < -0.3 is 24.3 Å². The Morgan fingerprint density at radius 2 is 1.91 bits per heavy atom. The van der Waals surface area contributed by atoms with Crippen molar-refractivity contribution in [2.75, 3.05) is 0 Å². The minimum atomic E-state index is -4.65. The summed E-state index contributed by atoms with van der Waals surface area (Å²) in [6.07, 6.45) is -1.53. The average Bonchev–Trinajstić information content (AvgIpc) is 3.15. The fraction of sp³-hybridized carbons (Fsp3) is 0.565. The van der Waals surface area contributed by atoms with Crippen LogP contribution in [0.4, 0.5) is 13.2 Å². The highest BCUT2D eigenvalue weighted by atomic mass is 19.4. The van der Waals surface area contributed by atoms with Crippen LogP contribution < -0.4 is 14.8 Å². The third kappa shape index (κ3) is 3.61. The summed E-state index contributed by atoms with van der Waals surface area (Å²) in [6.45, 7) is 0. The zero-order chi connectivity index (χ0) is 23.8. The van der Waals surface area contributed by atoms with Crippen molar-refractivity contribution in [2.45, 2.75) is 80.3 Å². The van der Waals surface area contributed by atoms with Crippen molar-refractivity contribution in [2.24, 2.45) is 0 Å². The third-order valence-corrected chi connectivity index (χ3v) is 7.37. The van der Waals surface area contributed by atoms with Crippen LogP contribution in [0.5, 0.6) is 11.8 Å². The van der Waals surface area contributed by atoms with Gasteiger partial charge in [0.15, 0.2) is 0 Å². The number of para-hydroxylation sites is 1. The molecule has 1 amide bonds. The molecule has 5 aliphatic rings. The van der Waals surface area contributed by atoms with E-state index in [0.717, 1.165) is 5.56 Å². The SMILES string of the molecule is O=C(NC12CC(c3cnc(OC4CC(OC(F)(F)F)C4)o3)(C1)C2)C1(O)CCc2ccccc2O1. The molecule has 8 nitrogen and oxygen atoms in total. The highest BCUT2D eigenvalue weighted by molar-refractivity contribution is 5.85. The number of halogens is 3. The van der Waals surface area contributed by atoms with Gasteiger partial charge in [0.2, 0.25) is 0 Å². The number of hydrogen-bond acceptors (Lipinski definition) is 7. The van der Waals surface area contributed by atoms with Crippen LogP contribution in [0.2, 0.25) is 0 Å². The molecule has 4 fully saturated rings. The molecule has 1 unspecified atom stereocenters. The van der Waals surface area contributed by atoms with E-state index >= 15 is 0 Å². The maximum atomic E-state index is 12.9. The van der Waals surface area contributed by atoms with Gasteiger partial charge in [-0.05, 0) is 37.3 Å². The normalized spacial score (nSPS) is 35.6. The summed E-state index contributed by atoms with van der Waals surface area (Å²) in [4.78, 5) is 17.0. The van der Waals surface area contributed by atoms with E-state index in [2.05, 4.69) is 15.0 Å². The lowest BCUT2D eigenvalue weighted by Gasteiger charge is -2.69. The van der Waals surface area contributed by atoms with Gasteiger partial charge in [-0.2, -0.15) is 4.98 Å². The lowest BCUT2D eigenvalue weighted by Crippen LogP contribution is -2.78. The second-order valence-corrected chi connectivity index (χ2v) is 9.93. The van der Waals surface area contributed by atoms with Crippen LogP contribution >= 0.6 is 0 Å². The van der Waals surface area contributed by atoms with E-state index in [1.165, 1.54) is 0 Å². The summed E-state index contributed by atoms with van der Waals surface area (Å²) in [5.41, 5.74) is 0.279. The molecule has 4 aliphatic carbocycles. The Balaban J connectivity index is 1.01. The molecular weight excluding hydrogens is 457 g/mol. The third-order valence-electron chi connectivity index (χ3n) is 7.37. The molecule has 0 saturated heterocycles. The molecule has 1 aromatic carbocycles. The number of rotatable bonds is 6. The molecule has 1 aromatic heterocycles. The van der Waals surface area contributed by atoms with Crippen molar-refractivity contribution >= 4 is 5.91 Å². The highest BCUT2D eigenvalue weighted by Crippen LogP contribution is 2.68. The van der Waals surface area contributed by atoms with Gasteiger partial charge in [-0.15, -0.1) is 13.2 Å². The Kier molecular flexibility index (Phi) is 4.54. The molecule has 2 heterocycles. The Bertz CT molecular complexity index is 1110. The summed E-state index contributed by atoms with van der Waals surface area (Å²) >= 11 is 0. The monoisotopic (exact) mass is 480 g/mol. The lowest BCUT2D eigenvalue weighted by atomic mass is 9.38. The van der Waals surface area contributed by atoms with Gasteiger partial charge >= 0.3 is 12.4 Å². The van der Waals surface area contributed by atoms with Crippen LogP contribution in [0.3, 0.4) is 0 Å². The molecule has 0 radical (unpaired) electrons. The number of nitrogens with one attached hydrogen (secondary N) is 1. The fourth-order valence-corrected chi connectivity index (χ4v) is 5.63. The van der Waals surface area contributed by atoms with Crippen molar-refractivity contribution in [3.8, 4) is 11.8 Å². The van der Waals surface area contributed by atoms with E-state index in [1.807, 2.05) is 12.1 Å². The second-order valence-electron chi connectivity index (χ2n) is 9.93. The number of amides is 1. The van der Waals surface area contributed by atoms with E-state index in [4.69, 9.17) is 13.9 Å². The number of aryl methyl sites for hydroxylation is 1. The smallest absolute Gasteiger partial charge is 0.453 e. The fourth-order valence-electron chi connectivity index (χ4n) is 5.63. The molecule has 1 aliphatic heterocycles. The van der Waals surface area contributed by atoms with E-state index in [1.54, 1.807) is 18.3 Å². The number of ether oxygens (including phenoxy) is 3. The Labute approximate surface area is 192 Å². The topological polar surface area (TPSA) is 103 Å². The van der Waals surface area contributed by atoms with Crippen LogP contribution in [0.25, 0.3) is 0 Å². The van der Waals surface area contributed by atoms with Crippen LogP contribution in [0, 0.1) is 0 Å². The zero-order valence-corrected chi connectivity index (χ0v) is 18.1. The quantitative estimate of drug-likeness (QED) is 0.655. The average molecular weight is 480 g/mol. The predicted octanol–water partition coefficient (Wildman–Crippen LogP) is 3.12. The largest absolute Gasteiger partial charge is 0.522 e. The molecule has 1 atom stereocenters. The van der Waals surface area contributed by atoms with Gasteiger partial charge in [-0.3, -0.25) is 9.53 Å². The van der Waals surface area contributed by atoms with Gasteiger partial charge in [0.05, 0.1) is 12.3 Å². The summed E-state index contributed by atoms with van der Waals surface area (Å²) in [6, 6.07) is 7.33. The minimum absolute atomic E-state index is 0.0249. The molecule has 2 bridgehead atoms. The molecule has 0 spiro atoms. The number of nitrogens with zero attached hydrogens (tertiary/aromatic N) is 1. The lowest BCUT2D eigenvalue weighted by molar-refractivity contribution is -0.355. The maximum Gasteiger partial charge on any atom is 0.522 e. The van der Waals surface area contributed by atoms with E-state index in [0.29, 0.717) is 37.2 Å². The summed E-state index contributed by atoms with van der Waals surface area (Å²) in [5, 5.41) is 13.8. The van der Waals surface area contributed by atoms with Gasteiger partial charge in [-0.25, -0.2) is 0 Å². The number of aliphatic hydroxyl groups is 1. The first kappa shape index (κ1) is 21.7. The van der Waals surface area contributed by atoms with Crippen LogP contribution in [-0.2, 0) is 21.4 Å². The van der Waals surface area contributed by atoms with Crippen molar-refractivity contribution in [1.82, 2.24) is 10.3 Å². The zero-order valence-electron chi connectivity index (χ0n) is 18.1. The van der Waals surface area contributed by atoms with Crippen LogP contribution in [-0.4, -0.2) is 45.9 Å². The van der Waals surface area contributed by atoms with Gasteiger partial charge in [0.25, 0.3) is 11.7 Å². The molecule has 4 saturated carbocycles. The molecule has 2 aromatic rings. The Morgan fingerprint density at radius 1 is 1.18 bits per heavy atom. The van der Waals surface area contributed by atoms with Crippen LogP contribution in [0.15, 0.2) is 34.9 Å². The predicted molar refractivity (Wildman–Crippen MR) is 108 cm³/mol. The van der Waals surface area contributed by atoms with E-state index in [9.17, 15) is 23.1 Å². The molecule has 7 rings (SSSR count). The molecule has 11 heteroatoms. The van der Waals surface area contributed by atoms with Crippen molar-refractivity contribution in [3.63, 3.8) is 0 Å². The van der Waals surface area contributed by atoms with Gasteiger partial charge in [-0.1, -0.05) is 18.2 Å². The number of carbonyl (C=O) groups excluding carboxylic acids is 1. The standard InChI is InChI=1S/C23H23F3N2O6/c24-23(25,26)33-15-7-14(8-15)31-19-27-9-17(32-19)20-10-21(11-20,12-20)28-18(29)22(30)6-5-13-3-1-2-4-16(13)34-22/h1-4,9,14-15,30H,5-8,10-12H2,(H,28,29). The van der Waals surface area contributed by atoms with E-state index in [-0.39, 0.29) is 30.8 Å². The van der Waals surface area contributed by atoms with Gasteiger partial charge in [0, 0.05) is 30.2 Å². The first-order valence-electron chi connectivity index (χ1n) is 11.3. The number of benzene rings is 1. The van der Waals surface area contributed by atoms with Crippen molar-refractivity contribution < 1.29 is 41.7 Å². The summed E-state index contributed by atoms with van der Waals surface area (Å²) in [5.74, 6) is -1.31. The van der Waals surface area contributed by atoms with Crippen molar-refractivity contribution in [1.29, 1.82) is 0 Å². The number of fused-ring (bicyclic) bond motifs is 1. The molecular formula is C23H23F3N2O6. The van der Waals surface area contributed by atoms with Gasteiger partial charge in [0.1, 0.15) is 17.6 Å². The second kappa shape index (κ2) is 7.11. The number of alkyl halides is 3. The number of aromatic nitrogens is 1. The Morgan fingerprint density at radius 3 is 2.65 bits per heavy atom. The number of carbonyl (C=O) groups is 1. The van der Waals surface area contributed by atoms with Crippen LogP contribution in [0.1, 0.15) is 49.8 Å². The highest BCUT2D eigenvalue weighted by Gasteiger charge is 2.71. The van der Waals surface area contributed by atoms with Crippen molar-refractivity contribution in [3.05, 3.63) is 41.8 Å².